The number of rotatable bonds is 6. The molecule has 0 saturated carbocycles. The van der Waals surface area contributed by atoms with Crippen molar-refractivity contribution < 1.29 is 0 Å². The number of benzene rings is 9. The lowest BCUT2D eigenvalue weighted by molar-refractivity contribution is 1.09. The minimum atomic E-state index is 1.34. The summed E-state index contributed by atoms with van der Waals surface area (Å²) in [5.41, 5.74) is 58.3. The average molecular weight is 1150 g/mol. The van der Waals surface area contributed by atoms with E-state index in [1.54, 1.807) is 0 Å². The Balaban J connectivity index is 0.000000226. The molecule has 0 saturated heterocycles. The van der Waals surface area contributed by atoms with Crippen molar-refractivity contribution in [2.75, 3.05) is 9.80 Å². The Hall–Kier alpha value is -6.64. The summed E-state index contributed by atoms with van der Waals surface area (Å²) in [5, 5.41) is 8.54. The van der Waals surface area contributed by atoms with Crippen LogP contribution < -0.4 is 9.80 Å². The largest absolute Gasteiger partial charge is 0.308 e. The Morgan fingerprint density at radius 1 is 0.0930 bits per heavy atom. The monoisotopic (exact) mass is 1140 g/mol. The summed E-state index contributed by atoms with van der Waals surface area (Å²) in [5.74, 6) is 0. The van der Waals surface area contributed by atoms with E-state index in [0.717, 1.165) is 0 Å². The van der Waals surface area contributed by atoms with E-state index in [9.17, 15) is 0 Å². The van der Waals surface area contributed by atoms with Crippen LogP contribution in [0.4, 0.5) is 34.1 Å². The van der Waals surface area contributed by atoms with Gasteiger partial charge in [0.1, 0.15) is 0 Å². The fourth-order valence-electron chi connectivity index (χ4n) is 15.9. The van der Waals surface area contributed by atoms with Crippen LogP contribution in [0.2, 0.25) is 0 Å². The summed E-state index contributed by atoms with van der Waals surface area (Å²) in [6.45, 7) is 83.8. The molecule has 0 radical (unpaired) electrons. The van der Waals surface area contributed by atoms with Gasteiger partial charge in [0.05, 0.1) is 34.1 Å². The van der Waals surface area contributed by atoms with E-state index in [4.69, 9.17) is 0 Å². The van der Waals surface area contributed by atoms with Gasteiger partial charge in [-0.05, 0) is 471 Å². The van der Waals surface area contributed by atoms with Crippen LogP contribution in [-0.2, 0) is 0 Å². The first kappa shape index (κ1) is 65.3. The quantitative estimate of drug-likeness (QED) is 0.153. The number of hydrogen-bond acceptors (Lipinski definition) is 2. The number of nitrogens with zero attached hydrogens (tertiary/aromatic N) is 2. The Morgan fingerprint density at radius 3 is 0.407 bits per heavy atom. The summed E-state index contributed by atoms with van der Waals surface area (Å²) in [7, 11) is 0. The van der Waals surface area contributed by atoms with E-state index in [1.165, 1.54) is 267 Å². The van der Waals surface area contributed by atoms with E-state index in [-0.39, 0.29) is 0 Å². The molecule has 0 aliphatic rings. The standard InChI is InChI=1S/C45H57N.C39H51N/c1-20-24(5)32(13)43(33(14)25(20)6)46(44-34(15)26(7)21(2)27(8)35(44)16)45-36(17)28(9)31(12)41-37(18)39-29(10)22(3)23(4)30(11)40(39)38(19)42(41)45;1-18-22(5)30(13)37(31(14)23(18)6)40(38-32(15)24(7)19(2)25(8)33(38)16)39-34(17)26(9)28(11)35-27(10)20(3)21(4)29(12)36(35)39/h1-19H3;1-17H3. The minimum absolute atomic E-state index is 1.34. The molecule has 9 aromatic carbocycles. The Kier molecular flexibility index (Phi) is 17.3. The zero-order valence-electron chi connectivity index (χ0n) is 60.9. The van der Waals surface area contributed by atoms with E-state index in [2.05, 4.69) is 259 Å². The van der Waals surface area contributed by atoms with Gasteiger partial charge >= 0.3 is 0 Å². The minimum Gasteiger partial charge on any atom is -0.308 e. The number of fused-ring (bicyclic) bond motifs is 3. The topological polar surface area (TPSA) is 6.48 Å². The summed E-state index contributed by atoms with van der Waals surface area (Å²) in [6, 6.07) is 0. The van der Waals surface area contributed by atoms with E-state index < -0.39 is 0 Å². The highest BCUT2D eigenvalue weighted by atomic mass is 15.2. The average Bonchev–Trinajstić information content (AvgIpc) is 0.745. The van der Waals surface area contributed by atoms with Gasteiger partial charge in [-0.2, -0.15) is 0 Å². The molecule has 86 heavy (non-hydrogen) atoms. The molecule has 0 unspecified atom stereocenters. The van der Waals surface area contributed by atoms with Gasteiger partial charge in [0, 0.05) is 10.8 Å². The van der Waals surface area contributed by atoms with Crippen LogP contribution in [0, 0.1) is 249 Å². The summed E-state index contributed by atoms with van der Waals surface area (Å²) in [6.07, 6.45) is 0. The molecule has 2 nitrogen and oxygen atoms in total. The number of hydrogen-bond donors (Lipinski definition) is 0. The highest BCUT2D eigenvalue weighted by Gasteiger charge is 2.34. The maximum atomic E-state index is 2.72. The lowest BCUT2D eigenvalue weighted by Gasteiger charge is -2.38. The normalized spacial score (nSPS) is 11.7. The third-order valence-electron chi connectivity index (χ3n) is 24.5. The van der Waals surface area contributed by atoms with Gasteiger partial charge in [0.2, 0.25) is 0 Å². The third-order valence-corrected chi connectivity index (χ3v) is 24.5. The first-order chi connectivity index (χ1) is 39.8. The smallest absolute Gasteiger partial charge is 0.0575 e. The van der Waals surface area contributed by atoms with Crippen molar-refractivity contribution in [3.63, 3.8) is 0 Å². The Labute approximate surface area is 522 Å². The summed E-state index contributed by atoms with van der Waals surface area (Å²) in [4.78, 5) is 5.42. The molecule has 9 aromatic rings. The number of aryl methyl sites for hydroxylation is 8. The zero-order valence-corrected chi connectivity index (χ0v) is 60.9. The van der Waals surface area contributed by atoms with Crippen LogP contribution in [0.3, 0.4) is 0 Å². The maximum Gasteiger partial charge on any atom is 0.0575 e. The number of anilines is 6. The molecular formula is C84H108N2. The predicted octanol–water partition coefficient (Wildman–Crippen LogP) is 24.9. The second kappa shape index (κ2) is 22.8. The predicted molar refractivity (Wildman–Crippen MR) is 385 cm³/mol. The summed E-state index contributed by atoms with van der Waals surface area (Å²) >= 11 is 0. The van der Waals surface area contributed by atoms with Crippen LogP contribution in [0.25, 0.3) is 32.3 Å². The van der Waals surface area contributed by atoms with Crippen molar-refractivity contribution in [3.8, 4) is 0 Å². The molecule has 0 aliphatic carbocycles. The molecule has 9 rings (SSSR count). The SMILES string of the molecule is Cc1c(C)c(C)c(N(c2c(C)c(C)c(C)c(C)c2C)c2c(C)c(C)c(C)c3c(C)c(C)c(C)c(C)c23)c(C)c1C.Cc1c(C)c(C)c(N(c2c(C)c(C)c(C)c(C)c2C)c2c(C)c(C)c(C)c3c(C)c4c(C)c(C)c(C)c(C)c4c(C)c23)c(C)c1C. The fourth-order valence-corrected chi connectivity index (χ4v) is 15.9. The van der Waals surface area contributed by atoms with Crippen molar-refractivity contribution in [2.24, 2.45) is 0 Å². The van der Waals surface area contributed by atoms with Crippen molar-refractivity contribution in [1.82, 2.24) is 0 Å². The second-order valence-electron chi connectivity index (χ2n) is 27.5. The van der Waals surface area contributed by atoms with Gasteiger partial charge in [-0.3, -0.25) is 0 Å². The van der Waals surface area contributed by atoms with Gasteiger partial charge in [0.25, 0.3) is 0 Å². The maximum absolute atomic E-state index is 2.72. The van der Waals surface area contributed by atoms with Crippen LogP contribution in [0.1, 0.15) is 200 Å². The molecule has 2 heteroatoms. The zero-order chi connectivity index (χ0) is 64.9. The highest BCUT2D eigenvalue weighted by molar-refractivity contribution is 6.16. The van der Waals surface area contributed by atoms with E-state index in [0.29, 0.717) is 0 Å². The van der Waals surface area contributed by atoms with Gasteiger partial charge in [-0.25, -0.2) is 0 Å². The van der Waals surface area contributed by atoms with Gasteiger partial charge in [-0.1, -0.05) is 0 Å². The third kappa shape index (κ3) is 9.21. The van der Waals surface area contributed by atoms with Crippen molar-refractivity contribution >= 4 is 66.4 Å². The molecule has 0 N–H and O–H groups in total. The van der Waals surface area contributed by atoms with Crippen molar-refractivity contribution in [2.45, 2.75) is 249 Å². The van der Waals surface area contributed by atoms with Gasteiger partial charge in [0.15, 0.2) is 0 Å². The lowest BCUT2D eigenvalue weighted by Crippen LogP contribution is -2.21. The Bertz CT molecular complexity index is 4210. The first-order valence-electron chi connectivity index (χ1n) is 32.1. The van der Waals surface area contributed by atoms with Crippen LogP contribution in [0.5, 0.6) is 0 Å². The van der Waals surface area contributed by atoms with Crippen LogP contribution >= 0.6 is 0 Å². The molecule has 0 aliphatic heterocycles. The highest BCUT2D eigenvalue weighted by Crippen LogP contribution is 2.55. The second-order valence-corrected chi connectivity index (χ2v) is 27.5. The van der Waals surface area contributed by atoms with Crippen LogP contribution in [0.15, 0.2) is 0 Å². The molecule has 0 spiro atoms. The molecular weight excluding hydrogens is 1040 g/mol. The molecule has 0 bridgehead atoms. The van der Waals surface area contributed by atoms with E-state index in [1.807, 2.05) is 0 Å². The summed E-state index contributed by atoms with van der Waals surface area (Å²) < 4.78 is 0. The molecule has 0 atom stereocenters. The molecule has 0 heterocycles. The molecule has 0 aromatic heterocycles. The van der Waals surface area contributed by atoms with Crippen molar-refractivity contribution in [3.05, 3.63) is 200 Å². The molecule has 0 amide bonds. The Morgan fingerprint density at radius 2 is 0.198 bits per heavy atom. The van der Waals surface area contributed by atoms with Gasteiger partial charge in [-0.15, -0.1) is 0 Å². The lowest BCUT2D eigenvalue weighted by atomic mass is 9.80. The van der Waals surface area contributed by atoms with Crippen molar-refractivity contribution in [1.29, 1.82) is 0 Å². The van der Waals surface area contributed by atoms with Crippen LogP contribution in [-0.4, -0.2) is 0 Å². The fraction of sp³-hybridized carbons (Fsp3) is 0.429. The van der Waals surface area contributed by atoms with Gasteiger partial charge < -0.3 is 9.80 Å². The molecule has 0 fully saturated rings. The first-order valence-corrected chi connectivity index (χ1v) is 32.1. The molecule has 454 valence electrons. The van der Waals surface area contributed by atoms with E-state index >= 15 is 0 Å².